The van der Waals surface area contributed by atoms with Crippen molar-refractivity contribution >= 4 is 23.4 Å². The summed E-state index contributed by atoms with van der Waals surface area (Å²) in [7, 11) is 0. The molecule has 0 atom stereocenters. The van der Waals surface area contributed by atoms with Crippen molar-refractivity contribution < 1.29 is 4.79 Å². The number of carbonyl (C=O) groups is 1. The topological polar surface area (TPSA) is 65.8 Å². The van der Waals surface area contributed by atoms with E-state index in [0.29, 0.717) is 22.8 Å². The first-order chi connectivity index (χ1) is 11.0. The minimum absolute atomic E-state index is 0.0353. The van der Waals surface area contributed by atoms with Crippen LogP contribution in [0.1, 0.15) is 28.8 Å². The third-order valence-electron chi connectivity index (χ3n) is 3.48. The Labute approximate surface area is 140 Å². The Morgan fingerprint density at radius 2 is 2.00 bits per heavy atom. The van der Waals surface area contributed by atoms with Crippen LogP contribution in [0.25, 0.3) is 0 Å². The quantitative estimate of drug-likeness (QED) is 0.844. The zero-order chi connectivity index (χ0) is 16.8. The van der Waals surface area contributed by atoms with Gasteiger partial charge in [-0.25, -0.2) is 4.98 Å². The number of carbonyl (C=O) groups excluding carboxylic acids is 1. The Balaban J connectivity index is 1.89. The summed E-state index contributed by atoms with van der Waals surface area (Å²) in [6.45, 7) is 5.95. The van der Waals surface area contributed by atoms with Gasteiger partial charge in [0.15, 0.2) is 0 Å². The van der Waals surface area contributed by atoms with Gasteiger partial charge in [0.25, 0.3) is 0 Å². The second-order valence-electron chi connectivity index (χ2n) is 5.36. The molecule has 2 rings (SSSR count). The molecule has 118 valence electrons. The van der Waals surface area contributed by atoms with Gasteiger partial charge in [0.05, 0.1) is 5.56 Å². The van der Waals surface area contributed by atoms with Crippen molar-refractivity contribution in [3.63, 3.8) is 0 Å². The number of rotatable bonds is 5. The predicted molar refractivity (Wildman–Crippen MR) is 93.6 cm³/mol. The van der Waals surface area contributed by atoms with Crippen molar-refractivity contribution in [1.29, 1.82) is 5.26 Å². The minimum atomic E-state index is -0.0353. The number of aryl methyl sites for hydroxylation is 3. The van der Waals surface area contributed by atoms with Crippen molar-refractivity contribution in [3.8, 4) is 6.07 Å². The molecule has 0 spiro atoms. The Kier molecular flexibility index (Phi) is 5.78. The van der Waals surface area contributed by atoms with E-state index in [2.05, 4.69) is 16.4 Å². The van der Waals surface area contributed by atoms with E-state index in [1.54, 1.807) is 6.07 Å². The van der Waals surface area contributed by atoms with Crippen molar-refractivity contribution in [2.75, 3.05) is 11.1 Å². The largest absolute Gasteiger partial charge is 0.326 e. The first kappa shape index (κ1) is 17.0. The summed E-state index contributed by atoms with van der Waals surface area (Å²) in [5.74, 6) is 0.550. The number of thioether (sulfide) groups is 1. The third-order valence-corrected chi connectivity index (χ3v) is 4.47. The summed E-state index contributed by atoms with van der Waals surface area (Å²) >= 11 is 1.44. The first-order valence-electron chi connectivity index (χ1n) is 7.37. The second-order valence-corrected chi connectivity index (χ2v) is 6.45. The fourth-order valence-electron chi connectivity index (χ4n) is 2.01. The van der Waals surface area contributed by atoms with Crippen LogP contribution in [-0.2, 0) is 4.79 Å². The van der Waals surface area contributed by atoms with Gasteiger partial charge in [0.1, 0.15) is 11.1 Å². The average molecular weight is 325 g/mol. The van der Waals surface area contributed by atoms with Gasteiger partial charge in [-0.1, -0.05) is 6.07 Å². The average Bonchev–Trinajstić information content (AvgIpc) is 2.51. The Morgan fingerprint density at radius 1 is 1.22 bits per heavy atom. The number of pyridine rings is 1. The lowest BCUT2D eigenvalue weighted by Crippen LogP contribution is -2.12. The normalized spacial score (nSPS) is 10.2. The summed E-state index contributed by atoms with van der Waals surface area (Å²) < 4.78 is 0. The Bertz CT molecular complexity index is 765. The zero-order valence-electron chi connectivity index (χ0n) is 13.5. The van der Waals surface area contributed by atoms with E-state index in [-0.39, 0.29) is 5.91 Å². The summed E-state index contributed by atoms with van der Waals surface area (Å²) in [5, 5.41) is 12.7. The van der Waals surface area contributed by atoms with Gasteiger partial charge in [-0.3, -0.25) is 4.79 Å². The number of anilines is 1. The van der Waals surface area contributed by atoms with E-state index >= 15 is 0 Å². The number of amides is 1. The van der Waals surface area contributed by atoms with E-state index in [0.717, 1.165) is 16.9 Å². The van der Waals surface area contributed by atoms with Gasteiger partial charge in [-0.15, -0.1) is 11.8 Å². The standard InChI is InChI=1S/C18H19N3OS/c1-12-4-7-16(10-13(12)2)21-17(22)8-9-23-18-15(11-19)6-5-14(3)20-18/h4-7,10H,8-9H2,1-3H3,(H,21,22). The summed E-state index contributed by atoms with van der Waals surface area (Å²) in [6, 6.07) is 11.6. The SMILES string of the molecule is Cc1ccc(C#N)c(SCCC(=O)Nc2ccc(C)c(C)c2)n1. The molecule has 0 aliphatic carbocycles. The number of hydrogen-bond donors (Lipinski definition) is 1. The van der Waals surface area contributed by atoms with Crippen LogP contribution in [0.5, 0.6) is 0 Å². The Morgan fingerprint density at radius 3 is 2.70 bits per heavy atom. The highest BCUT2D eigenvalue weighted by Gasteiger charge is 2.08. The molecule has 0 radical (unpaired) electrons. The van der Waals surface area contributed by atoms with Crippen molar-refractivity contribution in [3.05, 3.63) is 52.7 Å². The van der Waals surface area contributed by atoms with Crippen LogP contribution >= 0.6 is 11.8 Å². The summed E-state index contributed by atoms with van der Waals surface area (Å²) in [4.78, 5) is 16.4. The molecule has 1 aromatic carbocycles. The van der Waals surface area contributed by atoms with Crippen molar-refractivity contribution in [2.24, 2.45) is 0 Å². The van der Waals surface area contributed by atoms with Gasteiger partial charge in [0, 0.05) is 23.6 Å². The molecule has 1 amide bonds. The van der Waals surface area contributed by atoms with Gasteiger partial charge in [0.2, 0.25) is 5.91 Å². The van der Waals surface area contributed by atoms with Crippen LogP contribution in [0.2, 0.25) is 0 Å². The number of nitrogens with zero attached hydrogens (tertiary/aromatic N) is 2. The van der Waals surface area contributed by atoms with Gasteiger partial charge in [-0.2, -0.15) is 5.26 Å². The molecule has 1 N–H and O–H groups in total. The zero-order valence-corrected chi connectivity index (χ0v) is 14.3. The van der Waals surface area contributed by atoms with Crippen molar-refractivity contribution in [2.45, 2.75) is 32.2 Å². The number of nitrogens with one attached hydrogen (secondary N) is 1. The molecule has 5 heteroatoms. The number of hydrogen-bond acceptors (Lipinski definition) is 4. The maximum absolute atomic E-state index is 12.0. The van der Waals surface area contributed by atoms with Crippen molar-refractivity contribution in [1.82, 2.24) is 4.98 Å². The van der Waals surface area contributed by atoms with Crippen LogP contribution in [0, 0.1) is 32.1 Å². The summed E-state index contributed by atoms with van der Waals surface area (Å²) in [5.41, 5.74) is 4.59. The molecule has 0 saturated heterocycles. The predicted octanol–water partition coefficient (Wildman–Crippen LogP) is 4.00. The monoisotopic (exact) mass is 325 g/mol. The Hall–Kier alpha value is -2.32. The maximum Gasteiger partial charge on any atom is 0.225 e. The number of nitriles is 1. The third kappa shape index (κ3) is 4.83. The fraction of sp³-hybridized carbons (Fsp3) is 0.278. The molecular formula is C18H19N3OS. The van der Waals surface area contributed by atoms with Crippen LogP contribution in [0.15, 0.2) is 35.4 Å². The molecule has 23 heavy (non-hydrogen) atoms. The van der Waals surface area contributed by atoms with Crippen LogP contribution < -0.4 is 5.32 Å². The highest BCUT2D eigenvalue weighted by atomic mass is 32.2. The number of benzene rings is 1. The maximum atomic E-state index is 12.0. The lowest BCUT2D eigenvalue weighted by atomic mass is 10.1. The molecule has 0 aliphatic heterocycles. The molecule has 2 aromatic rings. The highest BCUT2D eigenvalue weighted by molar-refractivity contribution is 7.99. The van der Waals surface area contributed by atoms with E-state index in [1.165, 1.54) is 17.3 Å². The lowest BCUT2D eigenvalue weighted by Gasteiger charge is -2.08. The minimum Gasteiger partial charge on any atom is -0.326 e. The molecular weight excluding hydrogens is 306 g/mol. The number of aromatic nitrogens is 1. The summed E-state index contributed by atoms with van der Waals surface area (Å²) in [6.07, 6.45) is 0.373. The molecule has 4 nitrogen and oxygen atoms in total. The molecule has 0 unspecified atom stereocenters. The van der Waals surface area contributed by atoms with E-state index in [1.807, 2.05) is 45.0 Å². The van der Waals surface area contributed by atoms with E-state index < -0.39 is 0 Å². The molecule has 0 saturated carbocycles. The van der Waals surface area contributed by atoms with Crippen LogP contribution in [0.3, 0.4) is 0 Å². The molecule has 1 heterocycles. The molecule has 0 fully saturated rings. The smallest absolute Gasteiger partial charge is 0.225 e. The van der Waals surface area contributed by atoms with E-state index in [4.69, 9.17) is 5.26 Å². The molecule has 0 bridgehead atoms. The van der Waals surface area contributed by atoms with Gasteiger partial charge < -0.3 is 5.32 Å². The first-order valence-corrected chi connectivity index (χ1v) is 8.36. The molecule has 0 aliphatic rings. The van der Waals surface area contributed by atoms with Crippen LogP contribution in [-0.4, -0.2) is 16.6 Å². The lowest BCUT2D eigenvalue weighted by molar-refractivity contribution is -0.115. The highest BCUT2D eigenvalue weighted by Crippen LogP contribution is 2.21. The van der Waals surface area contributed by atoms with E-state index in [9.17, 15) is 4.79 Å². The fourth-order valence-corrected chi connectivity index (χ4v) is 2.97. The second kappa shape index (κ2) is 7.80. The van der Waals surface area contributed by atoms with Crippen LogP contribution in [0.4, 0.5) is 5.69 Å². The van der Waals surface area contributed by atoms with Gasteiger partial charge >= 0.3 is 0 Å². The van der Waals surface area contributed by atoms with Gasteiger partial charge in [-0.05, 0) is 56.2 Å². The molecule has 1 aromatic heterocycles.